The predicted octanol–water partition coefficient (Wildman–Crippen LogP) is 1.52. The summed E-state index contributed by atoms with van der Waals surface area (Å²) in [6, 6.07) is 4.73. The van der Waals surface area contributed by atoms with Crippen LogP contribution in [0.15, 0.2) is 18.2 Å². The highest BCUT2D eigenvalue weighted by atomic mass is 19.1. The molecule has 1 aromatic rings. The summed E-state index contributed by atoms with van der Waals surface area (Å²) in [6.45, 7) is 3.10. The van der Waals surface area contributed by atoms with Gasteiger partial charge in [-0.25, -0.2) is 4.39 Å². The molecule has 16 heavy (non-hydrogen) atoms. The summed E-state index contributed by atoms with van der Waals surface area (Å²) >= 11 is 0. The number of ether oxygens (including phenoxy) is 2. The van der Waals surface area contributed by atoms with Gasteiger partial charge in [0.1, 0.15) is 6.61 Å². The molecule has 0 aliphatic carbocycles. The van der Waals surface area contributed by atoms with Crippen molar-refractivity contribution in [3.63, 3.8) is 0 Å². The third-order valence-electron chi connectivity index (χ3n) is 2.77. The van der Waals surface area contributed by atoms with E-state index in [0.717, 1.165) is 5.56 Å². The summed E-state index contributed by atoms with van der Waals surface area (Å²) < 4.78 is 23.8. The number of aliphatic hydroxyl groups excluding tert-OH is 1. The molecular weight excluding hydrogens is 211 g/mol. The minimum Gasteiger partial charge on any atom is -0.490 e. The smallest absolute Gasteiger partial charge is 0.165 e. The molecule has 1 N–H and O–H groups in total. The molecule has 0 amide bonds. The van der Waals surface area contributed by atoms with Gasteiger partial charge in [-0.15, -0.1) is 0 Å². The molecule has 1 aliphatic rings. The topological polar surface area (TPSA) is 38.7 Å². The molecule has 2 rings (SSSR count). The largest absolute Gasteiger partial charge is 0.490 e. The molecule has 0 saturated carbocycles. The van der Waals surface area contributed by atoms with E-state index >= 15 is 0 Å². The van der Waals surface area contributed by atoms with Gasteiger partial charge in [-0.1, -0.05) is 6.07 Å². The molecule has 1 aromatic carbocycles. The molecule has 1 fully saturated rings. The molecule has 1 saturated heterocycles. The number of rotatable bonds is 4. The van der Waals surface area contributed by atoms with E-state index in [0.29, 0.717) is 13.2 Å². The molecule has 4 heteroatoms. The second-order valence-corrected chi connectivity index (χ2v) is 4.37. The van der Waals surface area contributed by atoms with Gasteiger partial charge < -0.3 is 14.6 Å². The van der Waals surface area contributed by atoms with E-state index in [1.54, 1.807) is 12.1 Å². The first-order valence-electron chi connectivity index (χ1n) is 5.23. The van der Waals surface area contributed by atoms with Crippen molar-refractivity contribution in [2.24, 2.45) is 5.41 Å². The zero-order valence-corrected chi connectivity index (χ0v) is 9.20. The molecule has 88 valence electrons. The summed E-state index contributed by atoms with van der Waals surface area (Å²) in [5, 5.41) is 9.18. The average molecular weight is 226 g/mol. The van der Waals surface area contributed by atoms with Crippen LogP contribution in [0.4, 0.5) is 4.39 Å². The van der Waals surface area contributed by atoms with Crippen LogP contribution in [0.1, 0.15) is 5.56 Å². The highest BCUT2D eigenvalue weighted by molar-refractivity contribution is 5.29. The SMILES string of the molecule is Cc1ccc(F)c(OCC2(CO)COC2)c1. The van der Waals surface area contributed by atoms with Gasteiger partial charge in [0, 0.05) is 0 Å². The van der Waals surface area contributed by atoms with Gasteiger partial charge in [-0.2, -0.15) is 0 Å². The third kappa shape index (κ3) is 2.18. The molecule has 1 aliphatic heterocycles. The summed E-state index contributed by atoms with van der Waals surface area (Å²) in [4.78, 5) is 0. The minimum atomic E-state index is -0.376. The molecular formula is C12H15FO3. The van der Waals surface area contributed by atoms with Crippen molar-refractivity contribution >= 4 is 0 Å². The molecule has 0 unspecified atom stereocenters. The first kappa shape index (κ1) is 11.4. The third-order valence-corrected chi connectivity index (χ3v) is 2.77. The lowest BCUT2D eigenvalue weighted by atomic mass is 9.88. The fraction of sp³-hybridized carbons (Fsp3) is 0.500. The van der Waals surface area contributed by atoms with Gasteiger partial charge in [0.2, 0.25) is 0 Å². The summed E-state index contributed by atoms with van der Waals surface area (Å²) in [5.74, 6) is -0.140. The summed E-state index contributed by atoms with van der Waals surface area (Å²) in [6.07, 6.45) is 0. The van der Waals surface area contributed by atoms with E-state index in [9.17, 15) is 9.50 Å². The van der Waals surface area contributed by atoms with Crippen molar-refractivity contribution in [3.05, 3.63) is 29.6 Å². The van der Waals surface area contributed by atoms with Crippen LogP contribution in [0, 0.1) is 18.2 Å². The van der Waals surface area contributed by atoms with E-state index in [2.05, 4.69) is 0 Å². The Morgan fingerprint density at radius 3 is 2.81 bits per heavy atom. The monoisotopic (exact) mass is 226 g/mol. The maximum Gasteiger partial charge on any atom is 0.165 e. The Morgan fingerprint density at radius 1 is 1.50 bits per heavy atom. The Bertz CT molecular complexity index is 369. The average Bonchev–Trinajstić information content (AvgIpc) is 2.22. The van der Waals surface area contributed by atoms with Crippen molar-refractivity contribution in [1.29, 1.82) is 0 Å². The number of benzene rings is 1. The Kier molecular flexibility index (Phi) is 3.12. The molecule has 0 atom stereocenters. The predicted molar refractivity (Wildman–Crippen MR) is 57.0 cm³/mol. The Morgan fingerprint density at radius 2 is 2.25 bits per heavy atom. The lowest BCUT2D eigenvalue weighted by Gasteiger charge is -2.39. The van der Waals surface area contributed by atoms with Gasteiger partial charge in [-0.3, -0.25) is 0 Å². The van der Waals surface area contributed by atoms with Crippen molar-refractivity contribution in [3.8, 4) is 5.75 Å². The zero-order chi connectivity index (χ0) is 11.6. The van der Waals surface area contributed by atoms with Gasteiger partial charge in [0.05, 0.1) is 25.2 Å². The van der Waals surface area contributed by atoms with Gasteiger partial charge in [-0.05, 0) is 24.6 Å². The van der Waals surface area contributed by atoms with E-state index in [4.69, 9.17) is 9.47 Å². The highest BCUT2D eigenvalue weighted by Crippen LogP contribution is 2.28. The Balaban J connectivity index is 2.01. The lowest BCUT2D eigenvalue weighted by Crippen LogP contribution is -2.50. The molecule has 1 heterocycles. The molecule has 0 aromatic heterocycles. The van der Waals surface area contributed by atoms with Crippen molar-refractivity contribution in [2.45, 2.75) is 6.92 Å². The second kappa shape index (κ2) is 4.39. The van der Waals surface area contributed by atoms with Crippen LogP contribution in [-0.4, -0.2) is 31.5 Å². The summed E-state index contributed by atoms with van der Waals surface area (Å²) in [7, 11) is 0. The zero-order valence-electron chi connectivity index (χ0n) is 9.20. The molecule has 0 radical (unpaired) electrons. The maximum atomic E-state index is 13.4. The molecule has 3 nitrogen and oxygen atoms in total. The number of halogens is 1. The maximum absolute atomic E-state index is 13.4. The van der Waals surface area contributed by atoms with Crippen LogP contribution in [0.5, 0.6) is 5.75 Å². The number of aryl methyl sites for hydroxylation is 1. The van der Waals surface area contributed by atoms with Crippen LogP contribution >= 0.6 is 0 Å². The van der Waals surface area contributed by atoms with Crippen molar-refractivity contribution < 1.29 is 19.0 Å². The number of aliphatic hydroxyl groups is 1. The van der Waals surface area contributed by atoms with Crippen LogP contribution in [0.2, 0.25) is 0 Å². The fourth-order valence-electron chi connectivity index (χ4n) is 1.56. The van der Waals surface area contributed by atoms with E-state index in [1.165, 1.54) is 6.07 Å². The van der Waals surface area contributed by atoms with Crippen LogP contribution in [0.25, 0.3) is 0 Å². The number of hydrogen-bond acceptors (Lipinski definition) is 3. The first-order chi connectivity index (χ1) is 7.65. The van der Waals surface area contributed by atoms with Crippen LogP contribution in [-0.2, 0) is 4.74 Å². The van der Waals surface area contributed by atoms with Crippen molar-refractivity contribution in [1.82, 2.24) is 0 Å². The Hall–Kier alpha value is -1.13. The normalized spacial score (nSPS) is 17.9. The summed E-state index contributed by atoms with van der Waals surface area (Å²) in [5.41, 5.74) is 0.593. The van der Waals surface area contributed by atoms with E-state index < -0.39 is 0 Å². The van der Waals surface area contributed by atoms with E-state index in [-0.39, 0.29) is 30.2 Å². The Labute approximate surface area is 93.8 Å². The second-order valence-electron chi connectivity index (χ2n) is 4.37. The van der Waals surface area contributed by atoms with E-state index in [1.807, 2.05) is 6.92 Å². The van der Waals surface area contributed by atoms with Crippen molar-refractivity contribution in [2.75, 3.05) is 26.4 Å². The van der Waals surface area contributed by atoms with Crippen LogP contribution in [0.3, 0.4) is 0 Å². The highest BCUT2D eigenvalue weighted by Gasteiger charge is 2.39. The van der Waals surface area contributed by atoms with Gasteiger partial charge in [0.15, 0.2) is 11.6 Å². The van der Waals surface area contributed by atoms with Gasteiger partial charge in [0.25, 0.3) is 0 Å². The molecule has 0 spiro atoms. The minimum absolute atomic E-state index is 0.000431. The fourth-order valence-corrected chi connectivity index (χ4v) is 1.56. The quantitative estimate of drug-likeness (QED) is 0.846. The molecule has 0 bridgehead atoms. The number of hydrogen-bond donors (Lipinski definition) is 1. The van der Waals surface area contributed by atoms with Crippen LogP contribution < -0.4 is 4.74 Å². The first-order valence-corrected chi connectivity index (χ1v) is 5.23. The van der Waals surface area contributed by atoms with Gasteiger partial charge >= 0.3 is 0 Å². The lowest BCUT2D eigenvalue weighted by molar-refractivity contribution is -0.153. The standard InChI is InChI=1S/C12H15FO3/c1-9-2-3-10(13)11(4-9)16-8-12(5-14)6-15-7-12/h2-4,14H,5-8H2,1H3.